The molecule has 2 N–H and O–H groups in total. The van der Waals surface area contributed by atoms with Gasteiger partial charge in [-0.2, -0.15) is 0 Å². The molecule has 3 aliphatic rings. The Morgan fingerprint density at radius 2 is 1.90 bits per heavy atom. The lowest BCUT2D eigenvalue weighted by Crippen LogP contribution is -2.44. The van der Waals surface area contributed by atoms with Gasteiger partial charge >= 0.3 is 0 Å². The Balaban J connectivity index is 1.51. The molecule has 0 spiro atoms. The van der Waals surface area contributed by atoms with Gasteiger partial charge in [0.05, 0.1) is 25.4 Å². The molecular formula is C18H22O3. The van der Waals surface area contributed by atoms with Crippen molar-refractivity contribution in [1.82, 2.24) is 0 Å². The fraction of sp³-hybridized carbons (Fsp3) is 0.556. The maximum atomic E-state index is 10.6. The van der Waals surface area contributed by atoms with Gasteiger partial charge in [-0.05, 0) is 23.8 Å². The highest BCUT2D eigenvalue weighted by atomic mass is 16.5. The Kier molecular flexibility index (Phi) is 3.18. The second-order valence-corrected chi connectivity index (χ2v) is 6.83. The van der Waals surface area contributed by atoms with Gasteiger partial charge in [-0.25, -0.2) is 0 Å². The summed E-state index contributed by atoms with van der Waals surface area (Å²) in [6.45, 7) is 1.11. The van der Waals surface area contributed by atoms with E-state index in [4.69, 9.17) is 4.74 Å². The molecular weight excluding hydrogens is 264 g/mol. The van der Waals surface area contributed by atoms with Gasteiger partial charge in [0.15, 0.2) is 0 Å². The van der Waals surface area contributed by atoms with Crippen LogP contribution in [-0.2, 0) is 11.3 Å². The van der Waals surface area contributed by atoms with Crippen LogP contribution in [0.15, 0.2) is 42.5 Å². The van der Waals surface area contributed by atoms with Crippen molar-refractivity contribution in [3.63, 3.8) is 0 Å². The SMILES string of the molecule is O[C@@H]1C[C@@H](O)[C@@]2(COCc3ccccc3)[C@@H]1[C@H]1C=C[C@@H]2C1. The molecule has 0 radical (unpaired) electrons. The van der Waals surface area contributed by atoms with Crippen molar-refractivity contribution in [2.24, 2.45) is 23.2 Å². The van der Waals surface area contributed by atoms with Crippen molar-refractivity contribution in [3.8, 4) is 0 Å². The topological polar surface area (TPSA) is 49.7 Å². The largest absolute Gasteiger partial charge is 0.393 e. The van der Waals surface area contributed by atoms with Gasteiger partial charge in [0.1, 0.15) is 0 Å². The molecule has 0 heterocycles. The molecule has 0 unspecified atom stereocenters. The maximum absolute atomic E-state index is 10.6. The van der Waals surface area contributed by atoms with E-state index in [-0.39, 0.29) is 17.4 Å². The molecule has 0 saturated heterocycles. The van der Waals surface area contributed by atoms with Gasteiger partial charge in [-0.1, -0.05) is 42.5 Å². The van der Waals surface area contributed by atoms with Crippen LogP contribution in [-0.4, -0.2) is 29.0 Å². The van der Waals surface area contributed by atoms with E-state index >= 15 is 0 Å². The normalized spacial score (nSPS) is 43.4. The number of hydrogen-bond acceptors (Lipinski definition) is 3. The molecule has 0 aromatic heterocycles. The monoisotopic (exact) mass is 286 g/mol. The molecule has 112 valence electrons. The Labute approximate surface area is 125 Å². The van der Waals surface area contributed by atoms with Crippen molar-refractivity contribution in [2.45, 2.75) is 31.7 Å². The third kappa shape index (κ3) is 1.91. The lowest BCUT2D eigenvalue weighted by molar-refractivity contribution is -0.0691. The number of aliphatic hydroxyl groups is 2. The fourth-order valence-corrected chi connectivity index (χ4v) is 4.96. The quantitative estimate of drug-likeness (QED) is 0.834. The minimum atomic E-state index is -0.451. The zero-order chi connectivity index (χ0) is 14.4. The Hall–Kier alpha value is -1.16. The molecule has 1 aromatic rings. The number of rotatable bonds is 4. The van der Waals surface area contributed by atoms with Crippen LogP contribution in [0, 0.1) is 23.2 Å². The van der Waals surface area contributed by atoms with Crippen molar-refractivity contribution < 1.29 is 14.9 Å². The number of ether oxygens (including phenoxy) is 1. The third-order valence-electron chi connectivity index (χ3n) is 5.85. The summed E-state index contributed by atoms with van der Waals surface area (Å²) in [5.74, 6) is 0.941. The van der Waals surface area contributed by atoms with Crippen LogP contribution >= 0.6 is 0 Å². The smallest absolute Gasteiger partial charge is 0.0717 e. The van der Waals surface area contributed by atoms with E-state index in [2.05, 4.69) is 24.3 Å². The number of allylic oxidation sites excluding steroid dienone is 2. The second-order valence-electron chi connectivity index (χ2n) is 6.83. The van der Waals surface area contributed by atoms with Crippen LogP contribution in [0.5, 0.6) is 0 Å². The summed E-state index contributed by atoms with van der Waals surface area (Å²) in [6.07, 6.45) is 5.18. The van der Waals surface area contributed by atoms with Gasteiger partial charge in [0.25, 0.3) is 0 Å². The van der Waals surface area contributed by atoms with Gasteiger partial charge in [0.2, 0.25) is 0 Å². The van der Waals surface area contributed by atoms with Crippen LogP contribution < -0.4 is 0 Å². The predicted molar refractivity (Wildman–Crippen MR) is 79.4 cm³/mol. The van der Waals surface area contributed by atoms with Crippen LogP contribution in [0.3, 0.4) is 0 Å². The molecule has 21 heavy (non-hydrogen) atoms. The van der Waals surface area contributed by atoms with E-state index in [0.29, 0.717) is 31.5 Å². The van der Waals surface area contributed by atoms with E-state index in [9.17, 15) is 10.2 Å². The van der Waals surface area contributed by atoms with Gasteiger partial charge in [0, 0.05) is 17.8 Å². The fourth-order valence-electron chi connectivity index (χ4n) is 4.96. The van der Waals surface area contributed by atoms with E-state index < -0.39 is 6.10 Å². The average Bonchev–Trinajstić information content (AvgIpc) is 3.14. The van der Waals surface area contributed by atoms with E-state index in [1.807, 2.05) is 18.2 Å². The minimum absolute atomic E-state index is 0.165. The first-order chi connectivity index (χ1) is 10.2. The Morgan fingerprint density at radius 1 is 1.10 bits per heavy atom. The molecule has 3 aliphatic carbocycles. The highest BCUT2D eigenvalue weighted by Crippen LogP contribution is 2.63. The molecule has 1 aromatic carbocycles. The molecule has 0 aliphatic heterocycles. The highest BCUT2D eigenvalue weighted by molar-refractivity contribution is 5.25. The van der Waals surface area contributed by atoms with E-state index in [1.54, 1.807) is 0 Å². The second kappa shape index (κ2) is 4.94. The summed E-state index contributed by atoms with van der Waals surface area (Å²) in [6, 6.07) is 10.1. The highest BCUT2D eigenvalue weighted by Gasteiger charge is 2.65. The van der Waals surface area contributed by atoms with Crippen LogP contribution in [0.1, 0.15) is 18.4 Å². The molecule has 2 saturated carbocycles. The van der Waals surface area contributed by atoms with E-state index in [0.717, 1.165) is 12.0 Å². The summed E-state index contributed by atoms with van der Waals surface area (Å²) >= 11 is 0. The first-order valence-corrected chi connectivity index (χ1v) is 7.88. The minimum Gasteiger partial charge on any atom is -0.393 e. The lowest BCUT2D eigenvalue weighted by Gasteiger charge is -2.39. The van der Waals surface area contributed by atoms with Crippen molar-refractivity contribution in [3.05, 3.63) is 48.0 Å². The molecule has 0 amide bonds. The summed E-state index contributed by atoms with van der Waals surface area (Å²) in [4.78, 5) is 0. The maximum Gasteiger partial charge on any atom is 0.0717 e. The molecule has 4 rings (SSSR count). The van der Waals surface area contributed by atoms with Crippen LogP contribution in [0.2, 0.25) is 0 Å². The molecule has 2 fully saturated rings. The predicted octanol–water partition coefficient (Wildman–Crippen LogP) is 2.14. The summed E-state index contributed by atoms with van der Waals surface area (Å²) in [5.41, 5.74) is 0.880. The van der Waals surface area contributed by atoms with Crippen LogP contribution in [0.25, 0.3) is 0 Å². The summed E-state index contributed by atoms with van der Waals surface area (Å²) < 4.78 is 5.97. The number of fused-ring (bicyclic) bond motifs is 5. The molecule has 3 nitrogen and oxygen atoms in total. The number of benzene rings is 1. The number of hydrogen-bond donors (Lipinski definition) is 2. The Bertz CT molecular complexity index is 541. The zero-order valence-electron chi connectivity index (χ0n) is 12.1. The first-order valence-electron chi connectivity index (χ1n) is 7.88. The van der Waals surface area contributed by atoms with Crippen molar-refractivity contribution in [1.29, 1.82) is 0 Å². The average molecular weight is 286 g/mol. The molecule has 6 atom stereocenters. The summed E-state index contributed by atoms with van der Waals surface area (Å²) in [5, 5.41) is 20.9. The number of aliphatic hydroxyl groups excluding tert-OH is 2. The van der Waals surface area contributed by atoms with Gasteiger partial charge in [-0.15, -0.1) is 0 Å². The van der Waals surface area contributed by atoms with Gasteiger partial charge < -0.3 is 14.9 Å². The third-order valence-corrected chi connectivity index (χ3v) is 5.85. The first kappa shape index (κ1) is 13.5. The summed E-state index contributed by atoms with van der Waals surface area (Å²) in [7, 11) is 0. The zero-order valence-corrected chi connectivity index (χ0v) is 12.1. The molecule has 3 heteroatoms. The van der Waals surface area contributed by atoms with E-state index in [1.165, 1.54) is 0 Å². The van der Waals surface area contributed by atoms with Crippen LogP contribution in [0.4, 0.5) is 0 Å². The lowest BCUT2D eigenvalue weighted by atomic mass is 9.69. The van der Waals surface area contributed by atoms with Crippen molar-refractivity contribution >= 4 is 0 Å². The van der Waals surface area contributed by atoms with Gasteiger partial charge in [-0.3, -0.25) is 0 Å². The van der Waals surface area contributed by atoms with Crippen molar-refractivity contribution in [2.75, 3.05) is 6.61 Å². The molecule has 2 bridgehead atoms. The Morgan fingerprint density at radius 3 is 2.71 bits per heavy atom. The standard InChI is InChI=1S/C18H22O3/c19-15-9-16(20)18(14-7-6-13(8-14)17(15)18)11-21-10-12-4-2-1-3-5-12/h1-7,13-17,19-20H,8-11H2/t13-,14+,15+,16+,17+,18-/m0/s1.